The summed E-state index contributed by atoms with van der Waals surface area (Å²) in [5, 5.41) is 32.7. The third kappa shape index (κ3) is 2.20. The van der Waals surface area contributed by atoms with E-state index in [1.165, 1.54) is 0 Å². The van der Waals surface area contributed by atoms with Crippen molar-refractivity contribution >= 4 is 0 Å². The Balaban J connectivity index is 2.15. The Bertz CT molecular complexity index is 549. The van der Waals surface area contributed by atoms with Crippen LogP contribution in [0.2, 0.25) is 0 Å². The lowest BCUT2D eigenvalue weighted by Crippen LogP contribution is -2.58. The third-order valence-electron chi connectivity index (χ3n) is 7.54. The summed E-state index contributed by atoms with van der Waals surface area (Å²) in [6, 6.07) is 0. The van der Waals surface area contributed by atoms with E-state index in [2.05, 4.69) is 27.4 Å². The van der Waals surface area contributed by atoms with Gasteiger partial charge in [-0.1, -0.05) is 39.3 Å². The van der Waals surface area contributed by atoms with E-state index in [1.54, 1.807) is 0 Å². The topological polar surface area (TPSA) is 60.7 Å². The minimum Gasteiger partial charge on any atom is -0.392 e. The van der Waals surface area contributed by atoms with Gasteiger partial charge in [0.2, 0.25) is 0 Å². The Labute approximate surface area is 140 Å². The summed E-state index contributed by atoms with van der Waals surface area (Å²) in [6.07, 6.45) is 4.17. The second kappa shape index (κ2) is 5.18. The van der Waals surface area contributed by atoms with Crippen molar-refractivity contribution in [2.45, 2.75) is 78.1 Å². The van der Waals surface area contributed by atoms with E-state index in [0.717, 1.165) is 36.8 Å². The molecule has 0 heterocycles. The zero-order valence-corrected chi connectivity index (χ0v) is 15.0. The molecule has 23 heavy (non-hydrogen) atoms. The summed E-state index contributed by atoms with van der Waals surface area (Å²) in [5.41, 5.74) is 1.26. The number of aliphatic hydroxyl groups excluding tert-OH is 3. The molecule has 0 radical (unpaired) electrons. The zero-order valence-electron chi connectivity index (χ0n) is 15.0. The van der Waals surface area contributed by atoms with Crippen LogP contribution in [-0.2, 0) is 0 Å². The van der Waals surface area contributed by atoms with Crippen molar-refractivity contribution in [3.8, 4) is 0 Å². The first-order chi connectivity index (χ1) is 10.6. The first-order valence-corrected chi connectivity index (χ1v) is 8.99. The molecule has 0 aliphatic heterocycles. The molecular weight excluding hydrogens is 288 g/mol. The number of hydrogen-bond acceptors (Lipinski definition) is 3. The van der Waals surface area contributed by atoms with Crippen molar-refractivity contribution in [2.24, 2.45) is 22.2 Å². The van der Waals surface area contributed by atoms with Crippen LogP contribution in [0.15, 0.2) is 23.8 Å². The van der Waals surface area contributed by atoms with Crippen molar-refractivity contribution in [3.63, 3.8) is 0 Å². The molecule has 0 aromatic heterocycles. The summed E-state index contributed by atoms with van der Waals surface area (Å²) in [5.74, 6) is 0.243. The first-order valence-electron chi connectivity index (χ1n) is 8.99. The van der Waals surface area contributed by atoms with Gasteiger partial charge in [-0.15, -0.1) is 6.58 Å². The van der Waals surface area contributed by atoms with E-state index in [-0.39, 0.29) is 16.7 Å². The number of hydrogen-bond donors (Lipinski definition) is 3. The van der Waals surface area contributed by atoms with Crippen LogP contribution in [0.4, 0.5) is 0 Å². The summed E-state index contributed by atoms with van der Waals surface area (Å²) < 4.78 is 0. The van der Waals surface area contributed by atoms with Crippen LogP contribution in [0.3, 0.4) is 0 Å². The quantitative estimate of drug-likeness (QED) is 0.650. The minimum absolute atomic E-state index is 0.0949. The van der Waals surface area contributed by atoms with Gasteiger partial charge in [0.25, 0.3) is 0 Å². The Morgan fingerprint density at radius 2 is 1.74 bits per heavy atom. The molecule has 0 saturated heterocycles. The lowest BCUT2D eigenvalue weighted by atomic mass is 9.46. The van der Waals surface area contributed by atoms with Gasteiger partial charge in [0.15, 0.2) is 0 Å². The van der Waals surface area contributed by atoms with E-state index >= 15 is 0 Å². The molecule has 3 aliphatic rings. The lowest BCUT2D eigenvalue weighted by molar-refractivity contribution is -0.110. The molecule has 0 aromatic carbocycles. The van der Waals surface area contributed by atoms with Crippen LogP contribution >= 0.6 is 0 Å². The number of aliphatic hydroxyl groups is 3. The van der Waals surface area contributed by atoms with Gasteiger partial charge in [-0.05, 0) is 49.0 Å². The van der Waals surface area contributed by atoms with Crippen molar-refractivity contribution < 1.29 is 15.3 Å². The Hall–Kier alpha value is -0.640. The molecular formula is C20H32O3. The van der Waals surface area contributed by atoms with E-state index < -0.39 is 23.7 Å². The van der Waals surface area contributed by atoms with E-state index in [9.17, 15) is 15.3 Å². The van der Waals surface area contributed by atoms with E-state index in [1.807, 2.05) is 13.0 Å². The van der Waals surface area contributed by atoms with Gasteiger partial charge >= 0.3 is 0 Å². The standard InChI is InChI=1S/C20H32O3/c1-6-19(4)10-7-12-16(17(19)23)13(21)11-14-18(2,3)9-8-15(22)20(12,14)5/h6,13-15,17,21-23H,1,7-11H2,2-5H3. The number of fused-ring (bicyclic) bond motifs is 2. The fourth-order valence-corrected chi connectivity index (χ4v) is 5.73. The van der Waals surface area contributed by atoms with Gasteiger partial charge < -0.3 is 15.3 Å². The molecule has 3 nitrogen and oxygen atoms in total. The van der Waals surface area contributed by atoms with Crippen molar-refractivity contribution in [2.75, 3.05) is 0 Å². The summed E-state index contributed by atoms with van der Waals surface area (Å²) in [7, 11) is 0. The molecule has 0 spiro atoms. The van der Waals surface area contributed by atoms with E-state index in [0.29, 0.717) is 6.42 Å². The highest BCUT2D eigenvalue weighted by Gasteiger charge is 2.59. The molecule has 3 aliphatic carbocycles. The molecule has 0 amide bonds. The van der Waals surface area contributed by atoms with Crippen molar-refractivity contribution in [1.29, 1.82) is 0 Å². The molecule has 1 fully saturated rings. The molecule has 1 saturated carbocycles. The van der Waals surface area contributed by atoms with Crippen molar-refractivity contribution in [3.05, 3.63) is 23.8 Å². The van der Waals surface area contributed by atoms with Gasteiger partial charge in [-0.2, -0.15) is 0 Å². The average Bonchev–Trinajstić information content (AvgIpc) is 2.49. The SMILES string of the molecule is C=CC1(C)CCC2=C(C(O)CC3C(C)(C)CCC(O)C23C)C1O. The molecule has 0 aromatic rings. The summed E-state index contributed by atoms with van der Waals surface area (Å²) >= 11 is 0. The van der Waals surface area contributed by atoms with Crippen LogP contribution in [0, 0.1) is 22.2 Å². The second-order valence-electron chi connectivity index (χ2n) is 9.18. The first kappa shape index (κ1) is 17.2. The summed E-state index contributed by atoms with van der Waals surface area (Å²) in [4.78, 5) is 0. The second-order valence-corrected chi connectivity index (χ2v) is 9.18. The average molecular weight is 320 g/mol. The number of rotatable bonds is 1. The maximum atomic E-state index is 10.9. The normalized spacial score (nSPS) is 49.3. The summed E-state index contributed by atoms with van der Waals surface area (Å²) in [6.45, 7) is 12.6. The molecule has 130 valence electrons. The monoisotopic (exact) mass is 320 g/mol. The van der Waals surface area contributed by atoms with Crippen LogP contribution in [0.5, 0.6) is 0 Å². The highest BCUT2D eigenvalue weighted by atomic mass is 16.3. The zero-order chi connectivity index (χ0) is 17.2. The van der Waals surface area contributed by atoms with Crippen LogP contribution in [0.1, 0.15) is 59.8 Å². The van der Waals surface area contributed by atoms with E-state index in [4.69, 9.17) is 0 Å². The molecule has 6 atom stereocenters. The lowest BCUT2D eigenvalue weighted by Gasteiger charge is -2.60. The molecule has 3 heteroatoms. The van der Waals surface area contributed by atoms with Gasteiger partial charge in [0.1, 0.15) is 0 Å². The van der Waals surface area contributed by atoms with Crippen LogP contribution in [-0.4, -0.2) is 33.6 Å². The minimum atomic E-state index is -0.700. The molecule has 3 N–H and O–H groups in total. The maximum absolute atomic E-state index is 10.9. The van der Waals surface area contributed by atoms with Gasteiger partial charge in [-0.25, -0.2) is 0 Å². The van der Waals surface area contributed by atoms with Crippen LogP contribution in [0.25, 0.3) is 0 Å². The molecule has 6 unspecified atom stereocenters. The highest BCUT2D eigenvalue weighted by molar-refractivity contribution is 5.39. The third-order valence-corrected chi connectivity index (χ3v) is 7.54. The predicted molar refractivity (Wildman–Crippen MR) is 91.8 cm³/mol. The largest absolute Gasteiger partial charge is 0.392 e. The Morgan fingerprint density at radius 1 is 1.09 bits per heavy atom. The van der Waals surface area contributed by atoms with Crippen LogP contribution < -0.4 is 0 Å². The highest BCUT2D eigenvalue weighted by Crippen LogP contribution is 2.62. The Kier molecular flexibility index (Phi) is 3.87. The molecule has 3 rings (SSSR count). The van der Waals surface area contributed by atoms with Gasteiger partial charge in [0.05, 0.1) is 18.3 Å². The van der Waals surface area contributed by atoms with Gasteiger partial charge in [0, 0.05) is 10.8 Å². The van der Waals surface area contributed by atoms with Crippen molar-refractivity contribution in [1.82, 2.24) is 0 Å². The smallest absolute Gasteiger partial charge is 0.0865 e. The predicted octanol–water partition coefficient (Wildman–Crippen LogP) is 3.20. The maximum Gasteiger partial charge on any atom is 0.0865 e. The Morgan fingerprint density at radius 3 is 2.35 bits per heavy atom. The fourth-order valence-electron chi connectivity index (χ4n) is 5.73. The fraction of sp³-hybridized carbons (Fsp3) is 0.800. The van der Waals surface area contributed by atoms with Gasteiger partial charge in [-0.3, -0.25) is 0 Å². The molecule has 0 bridgehead atoms.